The third-order valence-electron chi connectivity index (χ3n) is 11.9. The minimum absolute atomic E-state index is 0.0123. The van der Waals surface area contributed by atoms with E-state index in [0.717, 1.165) is 104 Å². The van der Waals surface area contributed by atoms with Crippen LogP contribution in [0.5, 0.6) is 0 Å². The van der Waals surface area contributed by atoms with Crippen molar-refractivity contribution in [2.24, 2.45) is 11.8 Å². The van der Waals surface area contributed by atoms with Gasteiger partial charge >= 0.3 is 0 Å². The third-order valence-corrected chi connectivity index (χ3v) is 16.7. The van der Waals surface area contributed by atoms with Crippen LogP contribution in [0.2, 0.25) is 0 Å². The van der Waals surface area contributed by atoms with Crippen LogP contribution in [0.15, 0.2) is 87.4 Å². The van der Waals surface area contributed by atoms with Crippen LogP contribution in [0.4, 0.5) is 0 Å². The van der Waals surface area contributed by atoms with Crippen LogP contribution >= 0.6 is 45.8 Å². The van der Waals surface area contributed by atoms with E-state index in [9.17, 15) is 21.0 Å². The second kappa shape index (κ2) is 13.8. The summed E-state index contributed by atoms with van der Waals surface area (Å²) in [6.07, 6.45) is 23.4. The van der Waals surface area contributed by atoms with Crippen LogP contribution in [0.3, 0.4) is 0 Å². The fourth-order valence-corrected chi connectivity index (χ4v) is 13.8. The van der Waals surface area contributed by atoms with Crippen molar-refractivity contribution < 1.29 is 9.47 Å². The molecular weight excluding hydrogens is 773 g/mol. The summed E-state index contributed by atoms with van der Waals surface area (Å²) in [5.41, 5.74) is 3.87. The second-order valence-electron chi connectivity index (χ2n) is 15.2. The maximum absolute atomic E-state index is 9.31. The highest BCUT2D eigenvalue weighted by Crippen LogP contribution is 2.60. The Bertz CT molecular complexity index is 2550. The van der Waals surface area contributed by atoms with E-state index < -0.39 is 5.60 Å². The topological polar surface area (TPSA) is 139 Å². The van der Waals surface area contributed by atoms with Gasteiger partial charge in [-0.2, -0.15) is 21.0 Å². The molecule has 2 fully saturated rings. The molecule has 2 saturated carbocycles. The Hall–Kier alpha value is -5.08. The van der Waals surface area contributed by atoms with E-state index in [1.807, 2.05) is 54.2 Å². The molecular formula is C44H34N6O2S4. The summed E-state index contributed by atoms with van der Waals surface area (Å²) in [5.74, 6) is 2.12. The van der Waals surface area contributed by atoms with Crippen molar-refractivity contribution in [2.45, 2.75) is 80.8 Å². The lowest BCUT2D eigenvalue weighted by molar-refractivity contribution is -0.0357. The first-order valence-electron chi connectivity index (χ1n) is 19.1. The second-order valence-corrected chi connectivity index (χ2v) is 19.6. The number of thioether (sulfide) groups is 1. The van der Waals surface area contributed by atoms with E-state index in [-0.39, 0.29) is 34.0 Å². The SMILES string of the molecule is N#CC(C#N)=Cc1ccc(-c2nc3c(s2)C2=CC4C=C5OC6(CCCCC6)C6=C(SC(c7ccc(C=C(C#N)C#N)s7)N6)C5=CC4C=C2OC32CCCCC2)s1. The average Bonchev–Trinajstić information content (AvgIpc) is 4.06. The Morgan fingerprint density at radius 1 is 0.696 bits per heavy atom. The Kier molecular flexibility index (Phi) is 8.73. The fraction of sp³-hybridized carbons (Fsp3) is 0.341. The Morgan fingerprint density at radius 3 is 1.96 bits per heavy atom. The van der Waals surface area contributed by atoms with Gasteiger partial charge < -0.3 is 14.8 Å². The molecule has 0 saturated heterocycles. The number of fused-ring (bicyclic) bond motifs is 8. The Morgan fingerprint density at radius 2 is 1.29 bits per heavy atom. The lowest BCUT2D eigenvalue weighted by Crippen LogP contribution is -2.44. The van der Waals surface area contributed by atoms with Gasteiger partial charge in [0.1, 0.15) is 68.6 Å². The van der Waals surface area contributed by atoms with E-state index in [1.165, 1.54) is 28.3 Å². The van der Waals surface area contributed by atoms with Gasteiger partial charge in [-0.3, -0.25) is 0 Å². The number of nitrogens with one attached hydrogen (secondary N) is 1. The van der Waals surface area contributed by atoms with Gasteiger partial charge in [0.15, 0.2) is 5.60 Å². The molecule has 12 heteroatoms. The number of aromatic nitrogens is 1. The number of rotatable bonds is 4. The number of nitrogens with zero attached hydrogens (tertiary/aromatic N) is 5. The molecule has 276 valence electrons. The number of allylic oxidation sites excluding steroid dienone is 8. The molecule has 56 heavy (non-hydrogen) atoms. The standard InChI is InChI=1S/C44H34N6O2S4/c45-21-25(22-46)15-29-7-9-35(53-29)41-49-39-37(55-41)31-17-28-20-34-32(18-27(28)19-33(31)51-43(39)11-3-1-4-12-43)38-40(44(52-34)13-5-2-6-14-44)50-42(56-38)36-10-8-30(54-36)16-26(23-47)24-48/h7-10,15-20,27-28,41,49H,1-6,11-14H2. The highest BCUT2D eigenvalue weighted by molar-refractivity contribution is 8.03. The summed E-state index contributed by atoms with van der Waals surface area (Å²) < 4.78 is 14.4. The van der Waals surface area contributed by atoms with Crippen LogP contribution in [0.25, 0.3) is 27.6 Å². The fourth-order valence-electron chi connectivity index (χ4n) is 9.21. The van der Waals surface area contributed by atoms with Crippen LogP contribution in [-0.2, 0) is 15.1 Å². The van der Waals surface area contributed by atoms with Crippen molar-refractivity contribution in [1.82, 2.24) is 10.3 Å². The number of thiophene rings is 2. The summed E-state index contributed by atoms with van der Waals surface area (Å²) in [4.78, 5) is 11.7. The van der Waals surface area contributed by atoms with Crippen molar-refractivity contribution in [1.29, 1.82) is 21.0 Å². The van der Waals surface area contributed by atoms with Crippen molar-refractivity contribution >= 4 is 63.5 Å². The smallest absolute Gasteiger partial charge is 0.152 e. The summed E-state index contributed by atoms with van der Waals surface area (Å²) >= 11 is 6.74. The molecule has 2 spiro atoms. The highest BCUT2D eigenvalue weighted by Gasteiger charge is 2.52. The minimum Gasteiger partial charge on any atom is -0.481 e. The monoisotopic (exact) mass is 806 g/mol. The van der Waals surface area contributed by atoms with Crippen molar-refractivity contribution in [3.8, 4) is 34.2 Å². The zero-order chi connectivity index (χ0) is 38.0. The van der Waals surface area contributed by atoms with Crippen molar-refractivity contribution in [2.75, 3.05) is 0 Å². The number of hydrogen-bond donors (Lipinski definition) is 1. The van der Waals surface area contributed by atoms with E-state index in [2.05, 4.69) is 35.7 Å². The first-order valence-corrected chi connectivity index (χ1v) is 22.4. The summed E-state index contributed by atoms with van der Waals surface area (Å²) in [5, 5.41) is 42.1. The summed E-state index contributed by atoms with van der Waals surface area (Å²) in [7, 11) is 0. The third kappa shape index (κ3) is 5.82. The molecule has 10 rings (SSSR count). The summed E-state index contributed by atoms with van der Waals surface area (Å²) in [6, 6.07) is 16.0. The average molecular weight is 807 g/mol. The number of ether oxygens (including phenoxy) is 2. The largest absolute Gasteiger partial charge is 0.481 e. The lowest BCUT2D eigenvalue weighted by atomic mass is 9.74. The predicted molar refractivity (Wildman–Crippen MR) is 221 cm³/mol. The quantitative estimate of drug-likeness (QED) is 0.255. The van der Waals surface area contributed by atoms with Crippen LogP contribution in [0.1, 0.15) is 94.8 Å². The van der Waals surface area contributed by atoms with Gasteiger partial charge in [-0.05, 0) is 99.9 Å². The molecule has 4 aliphatic carbocycles. The van der Waals surface area contributed by atoms with Crippen molar-refractivity contribution in [3.63, 3.8) is 0 Å². The molecule has 0 bridgehead atoms. The van der Waals surface area contributed by atoms with E-state index in [0.29, 0.717) is 0 Å². The van der Waals surface area contributed by atoms with Gasteiger partial charge in [0.2, 0.25) is 0 Å². The Balaban J connectivity index is 1.01. The molecule has 7 aliphatic rings. The van der Waals surface area contributed by atoms with Crippen LogP contribution < -0.4 is 5.32 Å². The summed E-state index contributed by atoms with van der Waals surface area (Å²) in [6.45, 7) is 0. The molecule has 6 heterocycles. The van der Waals surface area contributed by atoms with Gasteiger partial charge in [0.25, 0.3) is 0 Å². The first kappa shape index (κ1) is 35.3. The van der Waals surface area contributed by atoms with E-state index >= 15 is 0 Å². The predicted octanol–water partition coefficient (Wildman–Crippen LogP) is 11.3. The molecule has 3 atom stereocenters. The van der Waals surface area contributed by atoms with Gasteiger partial charge in [-0.15, -0.1) is 34.0 Å². The van der Waals surface area contributed by atoms with Crippen molar-refractivity contribution in [3.05, 3.63) is 113 Å². The normalized spacial score (nSPS) is 24.5. The maximum Gasteiger partial charge on any atom is 0.152 e. The van der Waals surface area contributed by atoms with E-state index in [1.54, 1.807) is 46.2 Å². The van der Waals surface area contributed by atoms with Gasteiger partial charge in [-0.25, -0.2) is 4.98 Å². The number of thiazole rings is 1. The highest BCUT2D eigenvalue weighted by atomic mass is 32.2. The zero-order valence-electron chi connectivity index (χ0n) is 30.3. The molecule has 0 radical (unpaired) electrons. The molecule has 8 nitrogen and oxygen atoms in total. The molecule has 0 aromatic carbocycles. The minimum atomic E-state index is -0.457. The Labute approximate surface area is 341 Å². The maximum atomic E-state index is 9.31. The number of nitriles is 4. The lowest BCUT2D eigenvalue weighted by Gasteiger charge is -2.46. The number of hydrogen-bond acceptors (Lipinski definition) is 12. The van der Waals surface area contributed by atoms with Gasteiger partial charge in [-0.1, -0.05) is 36.8 Å². The molecule has 3 unspecified atom stereocenters. The molecule has 3 aliphatic heterocycles. The van der Waals surface area contributed by atoms with Gasteiger partial charge in [0, 0.05) is 42.5 Å². The van der Waals surface area contributed by atoms with E-state index in [4.69, 9.17) is 14.5 Å². The van der Waals surface area contributed by atoms with Gasteiger partial charge in [0.05, 0.1) is 15.5 Å². The molecule has 1 N–H and O–H groups in total. The zero-order valence-corrected chi connectivity index (χ0v) is 33.5. The molecule has 0 amide bonds. The van der Waals surface area contributed by atoms with Crippen LogP contribution in [-0.4, -0.2) is 10.6 Å². The van der Waals surface area contributed by atoms with Crippen LogP contribution in [0, 0.1) is 57.2 Å². The first-order chi connectivity index (χ1) is 27.4. The molecule has 3 aromatic heterocycles. The molecule has 3 aromatic rings.